The fourth-order valence-electron chi connectivity index (χ4n) is 1.35. The fourth-order valence-corrected chi connectivity index (χ4v) is 1.35. The molecule has 74 valence electrons. The fraction of sp³-hybridized carbons (Fsp3) is 0.273. The maximum absolute atomic E-state index is 8.62. The molecule has 0 spiro atoms. The molecule has 2 rings (SSSR count). The zero-order chi connectivity index (χ0) is 9.80. The van der Waals surface area contributed by atoms with E-state index in [0.29, 0.717) is 13.2 Å². The third-order valence-corrected chi connectivity index (χ3v) is 1.98. The Hall–Kier alpha value is -1.48. The Balaban J connectivity index is 2.24. The number of aliphatic hydroxyl groups is 1. The van der Waals surface area contributed by atoms with Crippen LogP contribution in [0.3, 0.4) is 0 Å². The molecule has 0 radical (unpaired) electrons. The van der Waals surface area contributed by atoms with Gasteiger partial charge in [0, 0.05) is 0 Å². The molecule has 1 aromatic rings. The second-order valence-electron chi connectivity index (χ2n) is 2.99. The molecule has 0 bridgehead atoms. The van der Waals surface area contributed by atoms with Crippen LogP contribution in [0, 0.1) is 0 Å². The summed E-state index contributed by atoms with van der Waals surface area (Å²) < 4.78 is 10.8. The molecule has 3 heteroatoms. The molecule has 1 aliphatic rings. The minimum absolute atomic E-state index is 0.0500. The highest BCUT2D eigenvalue weighted by Crippen LogP contribution is 2.30. The van der Waals surface area contributed by atoms with Crippen molar-refractivity contribution < 1.29 is 14.6 Å². The average molecular weight is 192 g/mol. The van der Waals surface area contributed by atoms with Gasteiger partial charge in [-0.15, -0.1) is 0 Å². The van der Waals surface area contributed by atoms with Gasteiger partial charge < -0.3 is 14.6 Å². The Bertz CT molecular complexity index is 344. The molecule has 0 saturated carbocycles. The van der Waals surface area contributed by atoms with Crippen LogP contribution in [-0.4, -0.2) is 24.9 Å². The summed E-state index contributed by atoms with van der Waals surface area (Å²) >= 11 is 0. The predicted molar refractivity (Wildman–Crippen MR) is 53.6 cm³/mol. The summed E-state index contributed by atoms with van der Waals surface area (Å²) in [6, 6.07) is 5.71. The molecule has 1 aromatic carbocycles. The van der Waals surface area contributed by atoms with Gasteiger partial charge in [0.15, 0.2) is 11.5 Å². The zero-order valence-corrected chi connectivity index (χ0v) is 7.77. The van der Waals surface area contributed by atoms with E-state index in [0.717, 1.165) is 17.1 Å². The van der Waals surface area contributed by atoms with Gasteiger partial charge >= 0.3 is 0 Å². The number of fused-ring (bicyclic) bond motifs is 1. The molecule has 0 fully saturated rings. The van der Waals surface area contributed by atoms with Crippen molar-refractivity contribution in [1.82, 2.24) is 0 Å². The van der Waals surface area contributed by atoms with E-state index >= 15 is 0 Å². The summed E-state index contributed by atoms with van der Waals surface area (Å²) in [7, 11) is 0. The van der Waals surface area contributed by atoms with Crippen molar-refractivity contribution in [3.05, 3.63) is 29.8 Å². The zero-order valence-electron chi connectivity index (χ0n) is 7.77. The van der Waals surface area contributed by atoms with E-state index in [1.807, 2.05) is 24.3 Å². The van der Waals surface area contributed by atoms with E-state index < -0.39 is 0 Å². The Morgan fingerprint density at radius 3 is 2.79 bits per heavy atom. The van der Waals surface area contributed by atoms with E-state index in [4.69, 9.17) is 14.6 Å². The maximum Gasteiger partial charge on any atom is 0.161 e. The van der Waals surface area contributed by atoms with Crippen LogP contribution in [-0.2, 0) is 0 Å². The summed E-state index contributed by atoms with van der Waals surface area (Å²) in [5.74, 6) is 1.56. The summed E-state index contributed by atoms with van der Waals surface area (Å²) in [4.78, 5) is 0. The van der Waals surface area contributed by atoms with Gasteiger partial charge in [-0.1, -0.05) is 18.2 Å². The van der Waals surface area contributed by atoms with Crippen LogP contribution in [0.4, 0.5) is 0 Å². The lowest BCUT2D eigenvalue weighted by atomic mass is 10.2. The summed E-state index contributed by atoms with van der Waals surface area (Å²) in [5.41, 5.74) is 1.00. The minimum Gasteiger partial charge on any atom is -0.486 e. The lowest BCUT2D eigenvalue weighted by molar-refractivity contribution is 0.171. The molecule has 1 N–H and O–H groups in total. The van der Waals surface area contributed by atoms with E-state index in [9.17, 15) is 0 Å². The topological polar surface area (TPSA) is 38.7 Å². The lowest BCUT2D eigenvalue weighted by Gasteiger charge is -2.18. The standard InChI is InChI=1S/C11H12O3/c12-5-1-2-9-3-4-10-11(8-9)14-7-6-13-10/h1-4,8,12H,5-7H2. The van der Waals surface area contributed by atoms with Crippen LogP contribution in [0.5, 0.6) is 11.5 Å². The molecule has 0 amide bonds. The van der Waals surface area contributed by atoms with Crippen molar-refractivity contribution in [2.45, 2.75) is 0 Å². The Kier molecular flexibility index (Phi) is 2.70. The highest BCUT2D eigenvalue weighted by molar-refractivity contribution is 5.56. The van der Waals surface area contributed by atoms with Gasteiger partial charge in [-0.2, -0.15) is 0 Å². The molecule has 0 saturated heterocycles. The van der Waals surface area contributed by atoms with Crippen molar-refractivity contribution in [2.75, 3.05) is 19.8 Å². The second kappa shape index (κ2) is 4.15. The molecule has 0 aliphatic carbocycles. The first-order chi connectivity index (χ1) is 6.90. The van der Waals surface area contributed by atoms with E-state index in [-0.39, 0.29) is 6.61 Å². The average Bonchev–Trinajstić information content (AvgIpc) is 2.26. The van der Waals surface area contributed by atoms with Gasteiger partial charge in [0.2, 0.25) is 0 Å². The SMILES string of the molecule is OCC=Cc1ccc2c(c1)OCCO2. The van der Waals surface area contributed by atoms with Crippen molar-refractivity contribution >= 4 is 6.08 Å². The molecule has 0 aromatic heterocycles. The molecule has 1 heterocycles. The molecular weight excluding hydrogens is 180 g/mol. The summed E-state index contributed by atoms with van der Waals surface area (Å²) in [5, 5.41) is 8.62. The van der Waals surface area contributed by atoms with Crippen molar-refractivity contribution in [3.8, 4) is 11.5 Å². The minimum atomic E-state index is 0.0500. The summed E-state index contributed by atoms with van der Waals surface area (Å²) in [6.45, 7) is 1.26. The Morgan fingerprint density at radius 1 is 1.21 bits per heavy atom. The van der Waals surface area contributed by atoms with Gasteiger partial charge in [0.05, 0.1) is 6.61 Å². The van der Waals surface area contributed by atoms with Crippen LogP contribution in [0.2, 0.25) is 0 Å². The van der Waals surface area contributed by atoms with Crippen molar-refractivity contribution in [1.29, 1.82) is 0 Å². The maximum atomic E-state index is 8.62. The van der Waals surface area contributed by atoms with Crippen molar-refractivity contribution in [3.63, 3.8) is 0 Å². The van der Waals surface area contributed by atoms with Gasteiger partial charge in [-0.25, -0.2) is 0 Å². The molecule has 0 unspecified atom stereocenters. The molecule has 14 heavy (non-hydrogen) atoms. The summed E-state index contributed by atoms with van der Waals surface area (Å²) in [6.07, 6.45) is 3.53. The van der Waals surface area contributed by atoms with Gasteiger partial charge in [0.25, 0.3) is 0 Å². The molecule has 0 atom stereocenters. The highest BCUT2D eigenvalue weighted by Gasteiger charge is 2.10. The first-order valence-electron chi connectivity index (χ1n) is 4.57. The quantitative estimate of drug-likeness (QED) is 0.771. The third-order valence-electron chi connectivity index (χ3n) is 1.98. The molecular formula is C11H12O3. The second-order valence-corrected chi connectivity index (χ2v) is 2.99. The number of hydrogen-bond acceptors (Lipinski definition) is 3. The van der Waals surface area contributed by atoms with Crippen LogP contribution < -0.4 is 9.47 Å². The number of hydrogen-bond donors (Lipinski definition) is 1. The Morgan fingerprint density at radius 2 is 2.00 bits per heavy atom. The molecule has 1 aliphatic heterocycles. The Labute approximate surface area is 82.6 Å². The number of rotatable bonds is 2. The number of benzene rings is 1. The first kappa shape index (κ1) is 9.09. The number of ether oxygens (including phenoxy) is 2. The predicted octanol–water partition coefficient (Wildman–Crippen LogP) is 1.46. The number of aliphatic hydroxyl groups excluding tert-OH is 1. The van der Waals surface area contributed by atoms with Gasteiger partial charge in [-0.3, -0.25) is 0 Å². The van der Waals surface area contributed by atoms with Crippen LogP contribution >= 0.6 is 0 Å². The lowest BCUT2D eigenvalue weighted by Crippen LogP contribution is -2.15. The third kappa shape index (κ3) is 1.88. The van der Waals surface area contributed by atoms with E-state index in [1.165, 1.54) is 0 Å². The smallest absolute Gasteiger partial charge is 0.161 e. The monoisotopic (exact) mass is 192 g/mol. The van der Waals surface area contributed by atoms with Crippen LogP contribution in [0.1, 0.15) is 5.56 Å². The molecule has 3 nitrogen and oxygen atoms in total. The van der Waals surface area contributed by atoms with E-state index in [1.54, 1.807) is 6.08 Å². The van der Waals surface area contributed by atoms with Gasteiger partial charge in [-0.05, 0) is 17.7 Å². The largest absolute Gasteiger partial charge is 0.486 e. The van der Waals surface area contributed by atoms with Crippen molar-refractivity contribution in [2.24, 2.45) is 0 Å². The van der Waals surface area contributed by atoms with Crippen LogP contribution in [0.15, 0.2) is 24.3 Å². The van der Waals surface area contributed by atoms with Gasteiger partial charge in [0.1, 0.15) is 13.2 Å². The van der Waals surface area contributed by atoms with E-state index in [2.05, 4.69) is 0 Å². The van der Waals surface area contributed by atoms with Crippen LogP contribution in [0.25, 0.3) is 6.08 Å². The highest BCUT2D eigenvalue weighted by atomic mass is 16.6. The normalized spacial score (nSPS) is 14.6. The first-order valence-corrected chi connectivity index (χ1v) is 4.57.